The molecule has 0 saturated carbocycles. The third-order valence-electron chi connectivity index (χ3n) is 4.72. The molecular formula is C22H20N4O4. The Bertz CT molecular complexity index is 1160. The van der Waals surface area contributed by atoms with E-state index in [9.17, 15) is 10.1 Å². The van der Waals surface area contributed by atoms with Gasteiger partial charge >= 0.3 is 0 Å². The highest BCUT2D eigenvalue weighted by Gasteiger charge is 2.21. The zero-order valence-electron chi connectivity index (χ0n) is 16.6. The van der Waals surface area contributed by atoms with Crippen LogP contribution in [-0.4, -0.2) is 26.2 Å². The average molecular weight is 404 g/mol. The van der Waals surface area contributed by atoms with Crippen molar-refractivity contribution in [3.63, 3.8) is 0 Å². The van der Waals surface area contributed by atoms with Gasteiger partial charge in [-0.15, -0.1) is 0 Å². The fourth-order valence-corrected chi connectivity index (χ4v) is 3.26. The van der Waals surface area contributed by atoms with E-state index < -0.39 is 4.92 Å². The highest BCUT2D eigenvalue weighted by molar-refractivity contribution is 5.80. The molecule has 0 radical (unpaired) electrons. The van der Waals surface area contributed by atoms with Gasteiger partial charge in [0.15, 0.2) is 0 Å². The van der Waals surface area contributed by atoms with E-state index in [0.29, 0.717) is 36.2 Å². The average Bonchev–Trinajstić information content (AvgIpc) is 3.36. The maximum Gasteiger partial charge on any atom is 0.269 e. The number of imidazole rings is 1. The summed E-state index contributed by atoms with van der Waals surface area (Å²) < 4.78 is 12.9. The van der Waals surface area contributed by atoms with E-state index in [0.717, 1.165) is 16.8 Å². The second-order valence-corrected chi connectivity index (χ2v) is 6.65. The lowest BCUT2D eigenvalue weighted by Crippen LogP contribution is -2.03. The molecule has 0 fully saturated rings. The molecule has 30 heavy (non-hydrogen) atoms. The van der Waals surface area contributed by atoms with Gasteiger partial charge in [0, 0.05) is 36.2 Å². The van der Waals surface area contributed by atoms with Crippen LogP contribution in [0.25, 0.3) is 28.2 Å². The fourth-order valence-electron chi connectivity index (χ4n) is 3.26. The lowest BCUT2D eigenvalue weighted by molar-refractivity contribution is -0.384. The molecule has 152 valence electrons. The molecule has 0 amide bonds. The van der Waals surface area contributed by atoms with Crippen LogP contribution < -0.4 is 0 Å². The molecule has 0 aliphatic heterocycles. The monoisotopic (exact) mass is 404 g/mol. The van der Waals surface area contributed by atoms with Crippen LogP contribution in [0.2, 0.25) is 0 Å². The number of non-ortho nitro benzene ring substituents is 1. The van der Waals surface area contributed by atoms with Crippen LogP contribution in [0.15, 0.2) is 65.3 Å². The van der Waals surface area contributed by atoms with Gasteiger partial charge in [-0.05, 0) is 26.0 Å². The second kappa shape index (κ2) is 8.30. The van der Waals surface area contributed by atoms with Crippen LogP contribution in [0.1, 0.15) is 18.5 Å². The van der Waals surface area contributed by atoms with E-state index in [1.807, 2.05) is 54.9 Å². The number of nitro benzene ring substituents is 1. The number of ether oxygens (including phenoxy) is 1. The highest BCUT2D eigenvalue weighted by atomic mass is 16.6. The van der Waals surface area contributed by atoms with Crippen molar-refractivity contribution in [2.75, 3.05) is 6.61 Å². The summed E-state index contributed by atoms with van der Waals surface area (Å²) in [5.41, 5.74) is 3.93. The Labute approximate surface area is 172 Å². The normalized spacial score (nSPS) is 11.0. The van der Waals surface area contributed by atoms with Gasteiger partial charge < -0.3 is 13.8 Å². The number of hydrogen-bond donors (Lipinski definition) is 0. The lowest BCUT2D eigenvalue weighted by atomic mass is 10.0. The Morgan fingerprint density at radius 3 is 2.53 bits per heavy atom. The Morgan fingerprint density at radius 2 is 1.87 bits per heavy atom. The zero-order chi connectivity index (χ0) is 21.1. The molecule has 0 aliphatic carbocycles. The zero-order valence-corrected chi connectivity index (χ0v) is 16.6. The highest BCUT2D eigenvalue weighted by Crippen LogP contribution is 2.34. The number of nitro groups is 1. The first-order valence-corrected chi connectivity index (χ1v) is 9.51. The Hall–Kier alpha value is -3.78. The summed E-state index contributed by atoms with van der Waals surface area (Å²) in [6.45, 7) is 4.61. The number of hydrogen-bond acceptors (Lipinski definition) is 6. The first-order chi connectivity index (χ1) is 14.6. The van der Waals surface area contributed by atoms with Gasteiger partial charge in [-0.3, -0.25) is 10.1 Å². The first kappa shape index (κ1) is 19.5. The summed E-state index contributed by atoms with van der Waals surface area (Å²) in [5.74, 6) is 1.34. The smallest absolute Gasteiger partial charge is 0.269 e. The molecule has 4 aromatic rings. The maximum atomic E-state index is 11.0. The molecule has 0 aliphatic rings. The van der Waals surface area contributed by atoms with E-state index in [4.69, 9.17) is 14.2 Å². The van der Waals surface area contributed by atoms with E-state index in [1.165, 1.54) is 12.1 Å². The van der Waals surface area contributed by atoms with Crippen LogP contribution in [0.5, 0.6) is 0 Å². The Morgan fingerprint density at radius 1 is 1.13 bits per heavy atom. The van der Waals surface area contributed by atoms with Crippen molar-refractivity contribution >= 4 is 5.69 Å². The molecule has 8 heteroatoms. The standard InChI is InChI=1S/C22H20N4O4/c1-3-29-14-20-23-19(13-25(20)17-9-11-18(12-10-17)26(27)28)21-15(2)30-24-22(21)16-7-5-4-6-8-16/h4-13H,3,14H2,1-2H3. The first-order valence-electron chi connectivity index (χ1n) is 9.51. The fraction of sp³-hybridized carbons (Fsp3) is 0.182. The van der Waals surface area contributed by atoms with Gasteiger partial charge in [-0.2, -0.15) is 0 Å². The topological polar surface area (TPSA) is 96.2 Å². The van der Waals surface area contributed by atoms with Gasteiger partial charge in [-0.1, -0.05) is 35.5 Å². The van der Waals surface area contributed by atoms with Crippen molar-refractivity contribution in [1.82, 2.24) is 14.7 Å². The molecule has 2 aromatic heterocycles. The molecule has 0 N–H and O–H groups in total. The summed E-state index contributed by atoms with van der Waals surface area (Å²) in [4.78, 5) is 15.3. The van der Waals surface area contributed by atoms with Crippen molar-refractivity contribution in [3.8, 4) is 28.2 Å². The molecule has 4 rings (SSSR count). The van der Waals surface area contributed by atoms with Crippen LogP contribution in [0, 0.1) is 17.0 Å². The summed E-state index contributed by atoms with van der Waals surface area (Å²) >= 11 is 0. The Kier molecular flexibility index (Phi) is 5.40. The second-order valence-electron chi connectivity index (χ2n) is 6.65. The number of benzene rings is 2. The number of aryl methyl sites for hydroxylation is 1. The molecule has 2 aromatic carbocycles. The van der Waals surface area contributed by atoms with Gasteiger partial charge in [0.25, 0.3) is 5.69 Å². The van der Waals surface area contributed by atoms with Gasteiger partial charge in [0.2, 0.25) is 0 Å². The number of rotatable bonds is 7. The van der Waals surface area contributed by atoms with E-state index in [2.05, 4.69) is 5.16 Å². The third-order valence-corrected chi connectivity index (χ3v) is 4.72. The molecule has 0 bridgehead atoms. The molecule has 0 spiro atoms. The Balaban J connectivity index is 1.81. The van der Waals surface area contributed by atoms with Crippen molar-refractivity contribution in [2.45, 2.75) is 20.5 Å². The van der Waals surface area contributed by atoms with Crippen molar-refractivity contribution in [2.24, 2.45) is 0 Å². The van der Waals surface area contributed by atoms with Crippen LogP contribution in [-0.2, 0) is 11.3 Å². The quantitative estimate of drug-likeness (QED) is 0.319. The minimum Gasteiger partial charge on any atom is -0.374 e. The lowest BCUT2D eigenvalue weighted by Gasteiger charge is -2.07. The van der Waals surface area contributed by atoms with E-state index in [1.54, 1.807) is 12.1 Å². The predicted molar refractivity (Wildman–Crippen MR) is 111 cm³/mol. The third kappa shape index (κ3) is 3.72. The van der Waals surface area contributed by atoms with Crippen molar-refractivity contribution in [3.05, 3.63) is 82.5 Å². The van der Waals surface area contributed by atoms with Gasteiger partial charge in [-0.25, -0.2) is 4.98 Å². The summed E-state index contributed by atoms with van der Waals surface area (Å²) in [6.07, 6.45) is 1.88. The summed E-state index contributed by atoms with van der Waals surface area (Å²) in [6, 6.07) is 16.1. The summed E-state index contributed by atoms with van der Waals surface area (Å²) in [5, 5.41) is 15.2. The van der Waals surface area contributed by atoms with E-state index in [-0.39, 0.29) is 5.69 Å². The molecule has 0 saturated heterocycles. The molecule has 0 unspecified atom stereocenters. The molecule has 8 nitrogen and oxygen atoms in total. The minimum atomic E-state index is -0.420. The maximum absolute atomic E-state index is 11.0. The minimum absolute atomic E-state index is 0.0340. The van der Waals surface area contributed by atoms with Gasteiger partial charge in [0.1, 0.15) is 23.9 Å². The van der Waals surface area contributed by atoms with Crippen molar-refractivity contribution < 1.29 is 14.2 Å². The van der Waals surface area contributed by atoms with Crippen LogP contribution in [0.3, 0.4) is 0 Å². The number of aromatic nitrogens is 3. The SMILES string of the molecule is CCOCc1nc(-c2c(-c3ccccc3)noc2C)cn1-c1ccc([N+](=O)[O-])cc1. The van der Waals surface area contributed by atoms with Crippen LogP contribution in [0.4, 0.5) is 5.69 Å². The van der Waals surface area contributed by atoms with Crippen LogP contribution >= 0.6 is 0 Å². The van der Waals surface area contributed by atoms with E-state index >= 15 is 0 Å². The molecule has 0 atom stereocenters. The summed E-state index contributed by atoms with van der Waals surface area (Å²) in [7, 11) is 0. The predicted octanol–water partition coefficient (Wildman–Crippen LogP) is 4.95. The number of nitrogens with zero attached hydrogens (tertiary/aromatic N) is 4. The molecular weight excluding hydrogens is 384 g/mol. The van der Waals surface area contributed by atoms with Crippen molar-refractivity contribution in [1.29, 1.82) is 0 Å². The van der Waals surface area contributed by atoms with Gasteiger partial charge in [0.05, 0.1) is 16.2 Å². The molecule has 2 heterocycles. The largest absolute Gasteiger partial charge is 0.374 e.